The van der Waals surface area contributed by atoms with Crippen LogP contribution in [0, 0.1) is 0 Å². The van der Waals surface area contributed by atoms with Crippen LogP contribution in [-0.4, -0.2) is 36.4 Å². The number of carbonyl (C=O) groups excluding carboxylic acids is 2. The molecule has 0 aromatic carbocycles. The molecule has 1 atom stereocenters. The summed E-state index contributed by atoms with van der Waals surface area (Å²) in [7, 11) is 0. The van der Waals surface area contributed by atoms with E-state index in [1.807, 2.05) is 6.92 Å². The predicted molar refractivity (Wildman–Crippen MR) is 53.0 cm³/mol. The van der Waals surface area contributed by atoms with Gasteiger partial charge in [-0.1, -0.05) is 19.9 Å². The van der Waals surface area contributed by atoms with Gasteiger partial charge in [-0.3, -0.25) is 0 Å². The lowest BCUT2D eigenvalue weighted by Gasteiger charge is -2.09. The van der Waals surface area contributed by atoms with Crippen LogP contribution in [0.2, 0.25) is 0 Å². The zero-order chi connectivity index (χ0) is 11.7. The fourth-order valence-electron chi connectivity index (χ4n) is 0.701. The molecule has 0 amide bonds. The topological polar surface area (TPSA) is 72.8 Å². The van der Waals surface area contributed by atoms with Crippen LogP contribution in [0.4, 0.5) is 0 Å². The second-order valence-electron chi connectivity index (χ2n) is 2.87. The van der Waals surface area contributed by atoms with Crippen LogP contribution in [0.15, 0.2) is 12.7 Å². The molecule has 0 radical (unpaired) electrons. The molecule has 0 spiro atoms. The van der Waals surface area contributed by atoms with E-state index in [0.717, 1.165) is 18.9 Å². The van der Waals surface area contributed by atoms with E-state index in [4.69, 9.17) is 4.74 Å². The summed E-state index contributed by atoms with van der Waals surface area (Å²) in [6.07, 6.45) is 1.17. The van der Waals surface area contributed by atoms with Gasteiger partial charge in [-0.25, -0.2) is 9.59 Å². The molecule has 86 valence electrons. The van der Waals surface area contributed by atoms with E-state index in [1.54, 1.807) is 0 Å². The lowest BCUT2D eigenvalue weighted by molar-refractivity contribution is -0.159. The van der Waals surface area contributed by atoms with Crippen molar-refractivity contribution in [1.82, 2.24) is 0 Å². The van der Waals surface area contributed by atoms with Crippen molar-refractivity contribution in [3.05, 3.63) is 12.7 Å². The number of rotatable bonds is 7. The van der Waals surface area contributed by atoms with E-state index >= 15 is 0 Å². The lowest BCUT2D eigenvalue weighted by Crippen LogP contribution is -2.29. The average Bonchev–Trinajstić information content (AvgIpc) is 2.25. The molecule has 0 bridgehead atoms. The Balaban J connectivity index is 3.68. The molecule has 0 heterocycles. The zero-order valence-corrected chi connectivity index (χ0v) is 8.77. The summed E-state index contributed by atoms with van der Waals surface area (Å²) >= 11 is 0. The average molecular weight is 216 g/mol. The Kier molecular flexibility index (Phi) is 7.27. The molecule has 0 saturated heterocycles. The Hall–Kier alpha value is -1.36. The van der Waals surface area contributed by atoms with Crippen LogP contribution in [0.5, 0.6) is 0 Å². The van der Waals surface area contributed by atoms with Crippen LogP contribution < -0.4 is 0 Å². The van der Waals surface area contributed by atoms with Gasteiger partial charge in [-0.15, -0.1) is 0 Å². The quantitative estimate of drug-likeness (QED) is 0.379. The number of esters is 2. The number of hydrogen-bond donors (Lipinski definition) is 1. The van der Waals surface area contributed by atoms with Crippen molar-refractivity contribution < 1.29 is 24.2 Å². The van der Waals surface area contributed by atoms with Gasteiger partial charge in [-0.2, -0.15) is 0 Å². The highest BCUT2D eigenvalue weighted by atomic mass is 16.6. The summed E-state index contributed by atoms with van der Waals surface area (Å²) in [6, 6.07) is 0. The minimum atomic E-state index is -1.43. The van der Waals surface area contributed by atoms with Gasteiger partial charge in [0, 0.05) is 6.08 Å². The Morgan fingerprint density at radius 1 is 1.47 bits per heavy atom. The van der Waals surface area contributed by atoms with Gasteiger partial charge in [0.25, 0.3) is 0 Å². The Morgan fingerprint density at radius 2 is 2.13 bits per heavy atom. The normalized spacial score (nSPS) is 11.6. The third kappa shape index (κ3) is 6.68. The fourth-order valence-corrected chi connectivity index (χ4v) is 0.701. The molecule has 0 aromatic rings. The fraction of sp³-hybridized carbons (Fsp3) is 0.600. The van der Waals surface area contributed by atoms with E-state index in [0.29, 0.717) is 0 Å². The number of ether oxygens (including phenoxy) is 2. The van der Waals surface area contributed by atoms with Crippen molar-refractivity contribution in [1.29, 1.82) is 0 Å². The highest BCUT2D eigenvalue weighted by molar-refractivity contribution is 5.81. The molecular formula is C10H16O5. The number of aliphatic hydroxyl groups is 1. The molecule has 0 aliphatic rings. The Bertz CT molecular complexity index is 224. The second kappa shape index (κ2) is 7.99. The summed E-state index contributed by atoms with van der Waals surface area (Å²) in [6.45, 7) is 4.98. The van der Waals surface area contributed by atoms with Gasteiger partial charge in [0.1, 0.15) is 6.61 Å². The van der Waals surface area contributed by atoms with Crippen molar-refractivity contribution in [3.63, 3.8) is 0 Å². The summed E-state index contributed by atoms with van der Waals surface area (Å²) in [4.78, 5) is 21.6. The van der Waals surface area contributed by atoms with Crippen LogP contribution >= 0.6 is 0 Å². The van der Waals surface area contributed by atoms with Crippen molar-refractivity contribution in [2.45, 2.75) is 25.9 Å². The Labute approximate surface area is 88.7 Å². The van der Waals surface area contributed by atoms with Gasteiger partial charge in [0.05, 0.1) is 6.61 Å². The molecule has 0 aliphatic heterocycles. The van der Waals surface area contributed by atoms with Crippen molar-refractivity contribution in [2.75, 3.05) is 13.2 Å². The van der Waals surface area contributed by atoms with Gasteiger partial charge in [-0.05, 0) is 6.42 Å². The van der Waals surface area contributed by atoms with Crippen LogP contribution in [-0.2, 0) is 19.1 Å². The molecule has 0 aromatic heterocycles. The lowest BCUT2D eigenvalue weighted by atomic mass is 10.3. The van der Waals surface area contributed by atoms with Gasteiger partial charge in [0.15, 0.2) is 6.10 Å². The monoisotopic (exact) mass is 216 g/mol. The Morgan fingerprint density at radius 3 is 2.67 bits per heavy atom. The molecule has 5 nitrogen and oxygen atoms in total. The van der Waals surface area contributed by atoms with Gasteiger partial charge < -0.3 is 14.6 Å². The molecule has 1 N–H and O–H groups in total. The predicted octanol–water partition coefficient (Wildman–Crippen LogP) is 0.420. The van der Waals surface area contributed by atoms with E-state index in [1.165, 1.54) is 0 Å². The van der Waals surface area contributed by atoms with E-state index in [9.17, 15) is 14.7 Å². The SMILES string of the molecule is C=CC(=O)OCC(O)C(=O)OCCCC. The first kappa shape index (κ1) is 13.6. The molecule has 1 unspecified atom stereocenters. The van der Waals surface area contributed by atoms with Crippen LogP contribution in [0.1, 0.15) is 19.8 Å². The summed E-state index contributed by atoms with van der Waals surface area (Å²) in [5.41, 5.74) is 0. The van der Waals surface area contributed by atoms with E-state index in [-0.39, 0.29) is 6.61 Å². The molecular weight excluding hydrogens is 200 g/mol. The number of aliphatic hydroxyl groups excluding tert-OH is 1. The maximum Gasteiger partial charge on any atom is 0.338 e. The van der Waals surface area contributed by atoms with Crippen LogP contribution in [0.3, 0.4) is 0 Å². The third-order valence-corrected chi connectivity index (χ3v) is 1.56. The molecule has 15 heavy (non-hydrogen) atoms. The minimum absolute atomic E-state index is 0.266. The zero-order valence-electron chi connectivity index (χ0n) is 8.77. The number of unbranched alkanes of at least 4 members (excludes halogenated alkanes) is 1. The first-order valence-electron chi connectivity index (χ1n) is 4.75. The summed E-state index contributed by atoms with van der Waals surface area (Å²) in [5, 5.41) is 9.18. The number of carbonyl (C=O) groups is 2. The summed E-state index contributed by atoms with van der Waals surface area (Å²) in [5.74, 6) is -1.46. The van der Waals surface area contributed by atoms with Gasteiger partial charge in [0.2, 0.25) is 0 Å². The van der Waals surface area contributed by atoms with Crippen LogP contribution in [0.25, 0.3) is 0 Å². The smallest absolute Gasteiger partial charge is 0.338 e. The molecule has 0 saturated carbocycles. The molecule has 0 rings (SSSR count). The van der Waals surface area contributed by atoms with Crippen molar-refractivity contribution in [3.8, 4) is 0 Å². The minimum Gasteiger partial charge on any atom is -0.464 e. The first-order valence-corrected chi connectivity index (χ1v) is 4.75. The van der Waals surface area contributed by atoms with E-state index < -0.39 is 24.6 Å². The largest absolute Gasteiger partial charge is 0.464 e. The van der Waals surface area contributed by atoms with E-state index in [2.05, 4.69) is 11.3 Å². The maximum atomic E-state index is 11.0. The summed E-state index contributed by atoms with van der Waals surface area (Å²) < 4.78 is 9.18. The highest BCUT2D eigenvalue weighted by Gasteiger charge is 2.17. The second-order valence-corrected chi connectivity index (χ2v) is 2.87. The standard InChI is InChI=1S/C10H16O5/c1-3-5-6-14-10(13)8(11)7-15-9(12)4-2/h4,8,11H,2-3,5-7H2,1H3. The van der Waals surface area contributed by atoms with Crippen molar-refractivity contribution >= 4 is 11.9 Å². The first-order chi connectivity index (χ1) is 7.11. The van der Waals surface area contributed by atoms with Gasteiger partial charge >= 0.3 is 11.9 Å². The maximum absolute atomic E-state index is 11.0. The molecule has 0 fully saturated rings. The third-order valence-electron chi connectivity index (χ3n) is 1.56. The molecule has 5 heteroatoms. The highest BCUT2D eigenvalue weighted by Crippen LogP contribution is 1.94. The van der Waals surface area contributed by atoms with Crippen molar-refractivity contribution in [2.24, 2.45) is 0 Å². The number of hydrogen-bond acceptors (Lipinski definition) is 5. The molecule has 0 aliphatic carbocycles.